The van der Waals surface area contributed by atoms with Crippen molar-refractivity contribution in [1.29, 1.82) is 0 Å². The second kappa shape index (κ2) is 9.65. The highest BCUT2D eigenvalue weighted by atomic mass is 19.1. The first-order chi connectivity index (χ1) is 18.0. The number of benzene rings is 2. The average molecular weight is 499 g/mol. The predicted octanol–water partition coefficient (Wildman–Crippen LogP) is 4.71. The van der Waals surface area contributed by atoms with Crippen molar-refractivity contribution in [2.75, 3.05) is 13.1 Å². The van der Waals surface area contributed by atoms with E-state index in [1.54, 1.807) is 41.3 Å². The van der Waals surface area contributed by atoms with Crippen LogP contribution in [0.3, 0.4) is 0 Å². The van der Waals surface area contributed by atoms with Crippen LogP contribution in [0.1, 0.15) is 42.0 Å². The number of nitrogens with zero attached hydrogens (tertiary/aromatic N) is 6. The van der Waals surface area contributed by atoms with Crippen LogP contribution in [-0.2, 0) is 11.3 Å². The van der Waals surface area contributed by atoms with Crippen molar-refractivity contribution < 1.29 is 13.6 Å². The molecule has 2 aliphatic rings. The number of amides is 1. The molecule has 0 radical (unpaired) electrons. The van der Waals surface area contributed by atoms with Crippen LogP contribution >= 0.6 is 0 Å². The topological polar surface area (TPSA) is 76.3 Å². The van der Waals surface area contributed by atoms with Crippen LogP contribution < -0.4 is 0 Å². The Morgan fingerprint density at radius 2 is 1.78 bits per heavy atom. The molecule has 9 heteroatoms. The minimum absolute atomic E-state index is 0.0125. The largest absolute Gasteiger partial charge is 0.342 e. The number of aromatic nitrogens is 4. The molecular weight excluding hydrogens is 474 g/mol. The molecule has 1 amide bonds. The summed E-state index contributed by atoms with van der Waals surface area (Å²) < 4.78 is 29.0. The molecule has 37 heavy (non-hydrogen) atoms. The molecule has 0 aliphatic carbocycles. The lowest BCUT2D eigenvalue weighted by molar-refractivity contribution is -0.131. The number of carbonyl (C=O) groups is 1. The number of rotatable bonds is 5. The number of hydrogen-bond donors (Lipinski definition) is 0. The van der Waals surface area contributed by atoms with Crippen molar-refractivity contribution in [3.63, 3.8) is 0 Å². The van der Waals surface area contributed by atoms with Crippen LogP contribution in [-0.4, -0.2) is 49.4 Å². The van der Waals surface area contributed by atoms with Crippen LogP contribution in [0.2, 0.25) is 0 Å². The fraction of sp³-hybridized carbons (Fsp3) is 0.250. The maximum atomic E-state index is 13.8. The van der Waals surface area contributed by atoms with E-state index in [-0.39, 0.29) is 29.9 Å². The van der Waals surface area contributed by atoms with Gasteiger partial charge in [0.2, 0.25) is 5.91 Å². The van der Waals surface area contributed by atoms with Gasteiger partial charge < -0.3 is 4.90 Å². The van der Waals surface area contributed by atoms with Crippen LogP contribution in [0.25, 0.3) is 17.2 Å². The minimum atomic E-state index is -0.327. The minimum Gasteiger partial charge on any atom is -0.342 e. The van der Waals surface area contributed by atoms with Gasteiger partial charge >= 0.3 is 0 Å². The van der Waals surface area contributed by atoms with Crippen molar-refractivity contribution in [2.45, 2.75) is 31.7 Å². The summed E-state index contributed by atoms with van der Waals surface area (Å²) in [6.45, 7) is 1.65. The Bertz CT molecular complexity index is 1480. The van der Waals surface area contributed by atoms with E-state index in [4.69, 9.17) is 5.10 Å². The maximum absolute atomic E-state index is 13.8. The van der Waals surface area contributed by atoms with Crippen molar-refractivity contribution in [1.82, 2.24) is 24.6 Å². The van der Waals surface area contributed by atoms with E-state index in [0.29, 0.717) is 37.0 Å². The monoisotopic (exact) mass is 498 g/mol. The van der Waals surface area contributed by atoms with E-state index >= 15 is 0 Å². The van der Waals surface area contributed by atoms with Gasteiger partial charge in [-0.25, -0.2) is 23.4 Å². The van der Waals surface area contributed by atoms with Crippen LogP contribution in [0, 0.1) is 11.6 Å². The van der Waals surface area contributed by atoms with E-state index in [1.807, 2.05) is 11.0 Å². The van der Waals surface area contributed by atoms with Gasteiger partial charge in [-0.15, -0.1) is 0 Å². The van der Waals surface area contributed by atoms with Crippen LogP contribution in [0.15, 0.2) is 72.0 Å². The summed E-state index contributed by atoms with van der Waals surface area (Å²) in [4.78, 5) is 28.4. The van der Waals surface area contributed by atoms with Crippen molar-refractivity contribution in [2.24, 2.45) is 4.99 Å². The van der Waals surface area contributed by atoms with Crippen molar-refractivity contribution >= 4 is 11.6 Å². The SMILES string of the molecule is O=C(CC1=NCc2ccc(F)cc21)N1CCCC(c2cc(-c3ccc(F)cc3)nn2-c2ncccn2)C1. The molecule has 1 atom stereocenters. The molecule has 4 heterocycles. The van der Waals surface area contributed by atoms with Gasteiger partial charge in [0.1, 0.15) is 11.6 Å². The molecule has 2 aromatic carbocycles. The third-order valence-corrected chi connectivity index (χ3v) is 6.95. The number of halogens is 2. The van der Waals surface area contributed by atoms with Gasteiger partial charge in [-0.2, -0.15) is 5.10 Å². The van der Waals surface area contributed by atoms with Gasteiger partial charge in [0.15, 0.2) is 0 Å². The fourth-order valence-corrected chi connectivity index (χ4v) is 5.08. The van der Waals surface area contributed by atoms with Crippen molar-refractivity contribution in [3.8, 4) is 17.2 Å². The smallest absolute Gasteiger partial charge is 0.250 e. The van der Waals surface area contributed by atoms with E-state index in [2.05, 4.69) is 15.0 Å². The molecule has 1 fully saturated rings. The van der Waals surface area contributed by atoms with Gasteiger partial charge in [-0.3, -0.25) is 9.79 Å². The maximum Gasteiger partial charge on any atom is 0.250 e. The number of likely N-dealkylation sites (tertiary alicyclic amines) is 1. The van der Waals surface area contributed by atoms with Gasteiger partial charge in [0.05, 0.1) is 30.1 Å². The third-order valence-electron chi connectivity index (χ3n) is 6.95. The normalized spacial score (nSPS) is 17.0. The summed E-state index contributed by atoms with van der Waals surface area (Å²) in [6.07, 6.45) is 5.17. The van der Waals surface area contributed by atoms with Gasteiger partial charge in [0, 0.05) is 42.5 Å². The highest BCUT2D eigenvalue weighted by molar-refractivity contribution is 6.12. The highest BCUT2D eigenvalue weighted by Gasteiger charge is 2.30. The number of aliphatic imine (C=N–C) groups is 1. The molecular formula is C28H24F2N6O. The summed E-state index contributed by atoms with van der Waals surface area (Å²) >= 11 is 0. The zero-order chi connectivity index (χ0) is 25.4. The molecule has 7 nitrogen and oxygen atoms in total. The zero-order valence-corrected chi connectivity index (χ0v) is 20.0. The summed E-state index contributed by atoms with van der Waals surface area (Å²) in [5.74, 6) is -0.214. The van der Waals surface area contributed by atoms with Gasteiger partial charge in [-0.1, -0.05) is 6.07 Å². The highest BCUT2D eigenvalue weighted by Crippen LogP contribution is 2.32. The lowest BCUT2D eigenvalue weighted by Gasteiger charge is -2.33. The lowest BCUT2D eigenvalue weighted by Crippen LogP contribution is -2.40. The Morgan fingerprint density at radius 3 is 2.59 bits per heavy atom. The summed E-state index contributed by atoms with van der Waals surface area (Å²) in [5, 5.41) is 4.75. The molecule has 6 rings (SSSR count). The van der Waals surface area contributed by atoms with E-state index < -0.39 is 0 Å². The van der Waals surface area contributed by atoms with E-state index in [0.717, 1.165) is 35.2 Å². The zero-order valence-electron chi connectivity index (χ0n) is 20.0. The number of hydrogen-bond acceptors (Lipinski definition) is 5. The third kappa shape index (κ3) is 4.64. The quantitative estimate of drug-likeness (QED) is 0.400. The number of carbonyl (C=O) groups excluding carboxylic acids is 1. The number of fused-ring (bicyclic) bond motifs is 1. The second-order valence-corrected chi connectivity index (χ2v) is 9.34. The molecule has 1 unspecified atom stereocenters. The standard InChI is InChI=1S/C28H24F2N6O/c29-21-7-4-18(5-8-21)24-14-26(36(34-24)28-31-10-2-11-32-28)20-3-1-12-35(17-20)27(37)15-25-23-13-22(30)9-6-19(23)16-33-25/h2,4-11,13-14,20H,1,3,12,15-17H2. The Morgan fingerprint density at radius 1 is 1.00 bits per heavy atom. The summed E-state index contributed by atoms with van der Waals surface area (Å²) in [5.41, 5.74) is 4.68. The molecule has 0 bridgehead atoms. The number of piperidine rings is 1. The Kier molecular flexibility index (Phi) is 6.04. The molecule has 2 aromatic heterocycles. The first-order valence-corrected chi connectivity index (χ1v) is 12.3. The lowest BCUT2D eigenvalue weighted by atomic mass is 9.93. The van der Waals surface area contributed by atoms with E-state index in [9.17, 15) is 13.6 Å². The van der Waals surface area contributed by atoms with Crippen molar-refractivity contribution in [3.05, 3.63) is 95.4 Å². The Labute approximate surface area is 212 Å². The summed E-state index contributed by atoms with van der Waals surface area (Å²) in [6, 6.07) is 14.5. The molecule has 0 spiro atoms. The van der Waals surface area contributed by atoms with Gasteiger partial charge in [0.25, 0.3) is 5.95 Å². The first kappa shape index (κ1) is 23.1. The van der Waals surface area contributed by atoms with Crippen LogP contribution in [0.5, 0.6) is 0 Å². The Balaban J connectivity index is 1.26. The molecule has 2 aliphatic heterocycles. The van der Waals surface area contributed by atoms with Crippen LogP contribution in [0.4, 0.5) is 8.78 Å². The van der Waals surface area contributed by atoms with Gasteiger partial charge in [-0.05, 0) is 66.9 Å². The predicted molar refractivity (Wildman–Crippen MR) is 134 cm³/mol. The fourth-order valence-electron chi connectivity index (χ4n) is 5.08. The molecule has 0 N–H and O–H groups in total. The average Bonchev–Trinajstić information content (AvgIpc) is 3.54. The summed E-state index contributed by atoms with van der Waals surface area (Å²) in [7, 11) is 0. The molecule has 0 saturated carbocycles. The second-order valence-electron chi connectivity index (χ2n) is 9.34. The molecule has 4 aromatic rings. The molecule has 1 saturated heterocycles. The first-order valence-electron chi connectivity index (χ1n) is 12.3. The molecule has 186 valence electrons. The Hall–Kier alpha value is -4.27. The van der Waals surface area contributed by atoms with E-state index in [1.165, 1.54) is 24.3 Å².